The molecule has 22 heavy (non-hydrogen) atoms. The van der Waals surface area contributed by atoms with Gasteiger partial charge in [0.25, 0.3) is 0 Å². The minimum atomic E-state index is 0.0993. The molecule has 0 fully saturated rings. The van der Waals surface area contributed by atoms with Crippen molar-refractivity contribution in [3.63, 3.8) is 0 Å². The van der Waals surface area contributed by atoms with E-state index in [4.69, 9.17) is 4.98 Å². The molecule has 120 valence electrons. The van der Waals surface area contributed by atoms with Crippen LogP contribution in [0.5, 0.6) is 0 Å². The molecule has 0 aliphatic rings. The van der Waals surface area contributed by atoms with Crippen LogP contribution >= 0.6 is 0 Å². The van der Waals surface area contributed by atoms with Crippen molar-refractivity contribution in [3.05, 3.63) is 52.6 Å². The third-order valence-electron chi connectivity index (χ3n) is 4.09. The zero-order valence-electron chi connectivity index (χ0n) is 15.1. The number of aryl methyl sites for hydroxylation is 3. The molecule has 0 aliphatic heterocycles. The molecule has 0 N–H and O–H groups in total. The van der Waals surface area contributed by atoms with Gasteiger partial charge in [0, 0.05) is 25.2 Å². The highest BCUT2D eigenvalue weighted by Crippen LogP contribution is 2.21. The lowest BCUT2D eigenvalue weighted by Gasteiger charge is -2.18. The van der Waals surface area contributed by atoms with Gasteiger partial charge in [-0.05, 0) is 32.0 Å². The molecule has 3 heteroatoms. The van der Waals surface area contributed by atoms with Gasteiger partial charge in [0.15, 0.2) is 0 Å². The first-order valence-electron chi connectivity index (χ1n) is 7.94. The molecule has 0 amide bonds. The maximum absolute atomic E-state index is 4.82. The fourth-order valence-electron chi connectivity index (χ4n) is 2.62. The van der Waals surface area contributed by atoms with Crippen molar-refractivity contribution < 1.29 is 0 Å². The molecule has 0 bridgehead atoms. The Morgan fingerprint density at radius 2 is 1.82 bits per heavy atom. The highest BCUT2D eigenvalue weighted by Gasteiger charge is 2.19. The van der Waals surface area contributed by atoms with Gasteiger partial charge in [0.05, 0.1) is 12.2 Å². The third-order valence-corrected chi connectivity index (χ3v) is 4.09. The van der Waals surface area contributed by atoms with Crippen molar-refractivity contribution in [2.75, 3.05) is 7.05 Å². The number of imidazole rings is 1. The van der Waals surface area contributed by atoms with Crippen molar-refractivity contribution in [2.24, 2.45) is 7.05 Å². The molecular formula is C19H29N3. The summed E-state index contributed by atoms with van der Waals surface area (Å²) >= 11 is 0. The molecule has 0 radical (unpaired) electrons. The van der Waals surface area contributed by atoms with E-state index in [1.165, 1.54) is 16.7 Å². The Kier molecular flexibility index (Phi) is 4.76. The van der Waals surface area contributed by atoms with E-state index in [0.29, 0.717) is 0 Å². The van der Waals surface area contributed by atoms with Crippen LogP contribution < -0.4 is 0 Å². The summed E-state index contributed by atoms with van der Waals surface area (Å²) in [7, 11) is 4.24. The van der Waals surface area contributed by atoms with Crippen LogP contribution in [-0.4, -0.2) is 21.5 Å². The van der Waals surface area contributed by atoms with Crippen LogP contribution in [0.2, 0.25) is 0 Å². The van der Waals surface area contributed by atoms with Crippen LogP contribution in [0.25, 0.3) is 0 Å². The summed E-state index contributed by atoms with van der Waals surface area (Å²) in [6.07, 6.45) is 2.15. The van der Waals surface area contributed by atoms with Crippen molar-refractivity contribution in [3.8, 4) is 0 Å². The third kappa shape index (κ3) is 3.98. The molecule has 1 heterocycles. The zero-order valence-corrected chi connectivity index (χ0v) is 15.1. The lowest BCUT2D eigenvalue weighted by molar-refractivity contribution is 0.306. The SMILES string of the molecule is Cc1ccc(CN(C)Cc2nc(C(C)(C)C)cn2C)c(C)c1. The Morgan fingerprint density at radius 1 is 1.14 bits per heavy atom. The van der Waals surface area contributed by atoms with Crippen LogP contribution in [0.4, 0.5) is 0 Å². The van der Waals surface area contributed by atoms with Crippen LogP contribution in [0.1, 0.15) is 49.0 Å². The molecule has 0 atom stereocenters. The maximum Gasteiger partial charge on any atom is 0.122 e. The van der Waals surface area contributed by atoms with E-state index in [2.05, 4.69) is 82.6 Å². The summed E-state index contributed by atoms with van der Waals surface area (Å²) in [4.78, 5) is 7.15. The lowest BCUT2D eigenvalue weighted by atomic mass is 9.93. The largest absolute Gasteiger partial charge is 0.337 e. The molecule has 2 rings (SSSR count). The van der Waals surface area contributed by atoms with Gasteiger partial charge in [-0.2, -0.15) is 0 Å². The number of aromatic nitrogens is 2. The monoisotopic (exact) mass is 299 g/mol. The first-order valence-corrected chi connectivity index (χ1v) is 7.94. The Morgan fingerprint density at radius 3 is 2.36 bits per heavy atom. The fourth-order valence-corrected chi connectivity index (χ4v) is 2.62. The molecule has 0 saturated carbocycles. The van der Waals surface area contributed by atoms with E-state index in [9.17, 15) is 0 Å². The molecule has 0 unspecified atom stereocenters. The first kappa shape index (κ1) is 16.8. The number of hydrogen-bond donors (Lipinski definition) is 0. The Labute approximate surface area is 135 Å². The Bertz CT molecular complexity index is 647. The molecule has 0 aliphatic carbocycles. The summed E-state index contributed by atoms with van der Waals surface area (Å²) in [5.74, 6) is 1.12. The smallest absolute Gasteiger partial charge is 0.122 e. The summed E-state index contributed by atoms with van der Waals surface area (Å²) < 4.78 is 2.15. The van der Waals surface area contributed by atoms with E-state index >= 15 is 0 Å². The lowest BCUT2D eigenvalue weighted by Crippen LogP contribution is -2.20. The van der Waals surface area contributed by atoms with Gasteiger partial charge < -0.3 is 4.57 Å². The summed E-state index contributed by atoms with van der Waals surface area (Å²) in [6, 6.07) is 6.68. The molecule has 1 aromatic carbocycles. The second-order valence-corrected chi connectivity index (χ2v) is 7.51. The minimum Gasteiger partial charge on any atom is -0.337 e. The Balaban J connectivity index is 2.09. The summed E-state index contributed by atoms with van der Waals surface area (Å²) in [5.41, 5.74) is 5.33. The van der Waals surface area contributed by atoms with E-state index < -0.39 is 0 Å². The van der Waals surface area contributed by atoms with Crippen LogP contribution in [0.15, 0.2) is 24.4 Å². The standard InChI is InChI=1S/C19H29N3/c1-14-8-9-16(15(2)10-14)11-21(6)13-18-20-17(12-22(18)7)19(3,4)5/h8-10,12H,11,13H2,1-7H3. The van der Waals surface area contributed by atoms with Crippen molar-refractivity contribution >= 4 is 0 Å². The van der Waals surface area contributed by atoms with E-state index in [1.54, 1.807) is 0 Å². The predicted molar refractivity (Wildman–Crippen MR) is 93.0 cm³/mol. The molecular weight excluding hydrogens is 270 g/mol. The average molecular weight is 299 g/mol. The number of hydrogen-bond acceptors (Lipinski definition) is 2. The first-order chi connectivity index (χ1) is 10.2. The summed E-state index contributed by atoms with van der Waals surface area (Å²) in [5, 5.41) is 0. The van der Waals surface area contributed by atoms with Crippen LogP contribution in [0.3, 0.4) is 0 Å². The van der Waals surface area contributed by atoms with Gasteiger partial charge in [0.1, 0.15) is 5.82 Å². The summed E-state index contributed by atoms with van der Waals surface area (Å²) in [6.45, 7) is 12.8. The van der Waals surface area contributed by atoms with Gasteiger partial charge >= 0.3 is 0 Å². The topological polar surface area (TPSA) is 21.1 Å². The van der Waals surface area contributed by atoms with Crippen LogP contribution in [-0.2, 0) is 25.6 Å². The quantitative estimate of drug-likeness (QED) is 0.852. The van der Waals surface area contributed by atoms with Gasteiger partial charge in [0.2, 0.25) is 0 Å². The van der Waals surface area contributed by atoms with E-state index in [0.717, 1.165) is 24.6 Å². The predicted octanol–water partition coefficient (Wildman–Crippen LogP) is 3.97. The molecule has 0 spiro atoms. The molecule has 2 aromatic rings. The van der Waals surface area contributed by atoms with Crippen molar-refractivity contribution in [1.82, 2.24) is 14.5 Å². The second-order valence-electron chi connectivity index (χ2n) is 7.51. The average Bonchev–Trinajstić information content (AvgIpc) is 2.74. The normalized spacial score (nSPS) is 12.2. The van der Waals surface area contributed by atoms with E-state index in [1.807, 2.05) is 0 Å². The highest BCUT2D eigenvalue weighted by atomic mass is 15.2. The molecule has 3 nitrogen and oxygen atoms in total. The maximum atomic E-state index is 4.82. The van der Waals surface area contributed by atoms with Gasteiger partial charge in [-0.25, -0.2) is 4.98 Å². The van der Waals surface area contributed by atoms with E-state index in [-0.39, 0.29) is 5.41 Å². The fraction of sp³-hybridized carbons (Fsp3) is 0.526. The van der Waals surface area contributed by atoms with Gasteiger partial charge in [-0.3, -0.25) is 4.90 Å². The zero-order chi connectivity index (χ0) is 16.5. The molecule has 0 saturated heterocycles. The van der Waals surface area contributed by atoms with Crippen molar-refractivity contribution in [2.45, 2.75) is 53.1 Å². The van der Waals surface area contributed by atoms with Crippen molar-refractivity contribution in [1.29, 1.82) is 0 Å². The number of benzene rings is 1. The highest BCUT2D eigenvalue weighted by molar-refractivity contribution is 5.30. The number of nitrogens with zero attached hydrogens (tertiary/aromatic N) is 3. The molecule has 1 aromatic heterocycles. The van der Waals surface area contributed by atoms with Crippen LogP contribution in [0, 0.1) is 13.8 Å². The Hall–Kier alpha value is -1.61. The van der Waals surface area contributed by atoms with Gasteiger partial charge in [-0.15, -0.1) is 0 Å². The minimum absolute atomic E-state index is 0.0993. The second kappa shape index (κ2) is 6.25. The number of rotatable bonds is 4. The van der Waals surface area contributed by atoms with Gasteiger partial charge in [-0.1, -0.05) is 44.5 Å².